The summed E-state index contributed by atoms with van der Waals surface area (Å²) in [5.74, 6) is 0.0858. The van der Waals surface area contributed by atoms with Crippen molar-refractivity contribution in [3.05, 3.63) is 24.0 Å². The zero-order valence-electron chi connectivity index (χ0n) is 11.6. The largest absolute Gasteiger partial charge is 0.358 e. The summed E-state index contributed by atoms with van der Waals surface area (Å²) in [6, 6.07) is 3.52. The first-order valence-electron chi connectivity index (χ1n) is 6.73. The maximum atomic E-state index is 12.3. The van der Waals surface area contributed by atoms with Crippen LogP contribution in [0.15, 0.2) is 18.3 Å². The Kier molecular flexibility index (Phi) is 4.37. The number of piperidine rings is 1. The van der Waals surface area contributed by atoms with Crippen molar-refractivity contribution < 1.29 is 9.59 Å². The Morgan fingerprint density at radius 2 is 2.21 bits per heavy atom. The van der Waals surface area contributed by atoms with Gasteiger partial charge in [0.1, 0.15) is 0 Å². The number of likely N-dealkylation sites (N-methyl/N-ethyl adjacent to an activating group) is 1. The summed E-state index contributed by atoms with van der Waals surface area (Å²) in [4.78, 5) is 26.1. The molecule has 0 spiro atoms. The van der Waals surface area contributed by atoms with Crippen LogP contribution in [-0.4, -0.2) is 47.3 Å². The van der Waals surface area contributed by atoms with Gasteiger partial charge in [0.05, 0.1) is 18.3 Å². The molecule has 1 amide bonds. The fourth-order valence-corrected chi connectivity index (χ4v) is 2.66. The lowest BCUT2D eigenvalue weighted by Gasteiger charge is -2.33. The van der Waals surface area contributed by atoms with Crippen LogP contribution in [0.4, 0.5) is 0 Å². The molecule has 2 rings (SSSR count). The maximum Gasteiger partial charge on any atom is 0.237 e. The third kappa shape index (κ3) is 3.04. The molecule has 1 fully saturated rings. The highest BCUT2D eigenvalue weighted by atomic mass is 16.2. The first-order valence-corrected chi connectivity index (χ1v) is 6.73. The molecular formula is C14H21N3O2. The standard InChI is InChI=1S/C14H21N3O2/c1-15-14(19)12-6-3-4-9-17(12)10-13(18)11-7-5-8-16(11)2/h5,7-8,12H,3-4,6,9-10H2,1-2H3,(H,15,19). The summed E-state index contributed by atoms with van der Waals surface area (Å²) in [5, 5.41) is 2.69. The number of amides is 1. The van der Waals surface area contributed by atoms with Crippen LogP contribution in [0.1, 0.15) is 29.8 Å². The number of aromatic nitrogens is 1. The lowest BCUT2D eigenvalue weighted by Crippen LogP contribution is -2.50. The number of likely N-dealkylation sites (tertiary alicyclic amines) is 1. The van der Waals surface area contributed by atoms with Gasteiger partial charge in [0, 0.05) is 20.3 Å². The van der Waals surface area contributed by atoms with Gasteiger partial charge in [-0.1, -0.05) is 6.42 Å². The predicted octanol–water partition coefficient (Wildman–Crippen LogP) is 0.808. The Morgan fingerprint density at radius 3 is 2.84 bits per heavy atom. The number of rotatable bonds is 4. The lowest BCUT2D eigenvalue weighted by molar-refractivity contribution is -0.126. The minimum Gasteiger partial charge on any atom is -0.358 e. The Morgan fingerprint density at radius 1 is 1.42 bits per heavy atom. The van der Waals surface area contributed by atoms with E-state index >= 15 is 0 Å². The van der Waals surface area contributed by atoms with Crippen LogP contribution in [-0.2, 0) is 11.8 Å². The molecule has 1 aliphatic rings. The van der Waals surface area contributed by atoms with Crippen molar-refractivity contribution in [2.24, 2.45) is 7.05 Å². The van der Waals surface area contributed by atoms with Gasteiger partial charge in [-0.2, -0.15) is 0 Å². The van der Waals surface area contributed by atoms with Crippen LogP contribution < -0.4 is 5.32 Å². The summed E-state index contributed by atoms with van der Waals surface area (Å²) >= 11 is 0. The number of hydrogen-bond donors (Lipinski definition) is 1. The van der Waals surface area contributed by atoms with Gasteiger partial charge in [-0.25, -0.2) is 0 Å². The molecule has 0 radical (unpaired) electrons. The van der Waals surface area contributed by atoms with Crippen LogP contribution in [0.2, 0.25) is 0 Å². The number of ketones is 1. The first-order chi connectivity index (χ1) is 9.13. The van der Waals surface area contributed by atoms with Crippen molar-refractivity contribution in [2.45, 2.75) is 25.3 Å². The Labute approximate surface area is 113 Å². The van der Waals surface area contributed by atoms with Gasteiger partial charge in [0.2, 0.25) is 5.91 Å². The molecule has 19 heavy (non-hydrogen) atoms. The molecule has 1 atom stereocenters. The number of hydrogen-bond acceptors (Lipinski definition) is 3. The highest BCUT2D eigenvalue weighted by Crippen LogP contribution is 2.17. The Hall–Kier alpha value is -1.62. The highest BCUT2D eigenvalue weighted by Gasteiger charge is 2.29. The summed E-state index contributed by atoms with van der Waals surface area (Å²) in [6.45, 7) is 1.13. The maximum absolute atomic E-state index is 12.3. The molecule has 5 nitrogen and oxygen atoms in total. The first kappa shape index (κ1) is 13.8. The summed E-state index contributed by atoms with van der Waals surface area (Å²) in [7, 11) is 3.51. The van der Waals surface area contributed by atoms with Gasteiger partial charge in [-0.3, -0.25) is 14.5 Å². The topological polar surface area (TPSA) is 54.3 Å². The molecule has 1 N–H and O–H groups in total. The second-order valence-corrected chi connectivity index (χ2v) is 5.02. The second kappa shape index (κ2) is 6.02. The van der Waals surface area contributed by atoms with Crippen molar-refractivity contribution in [1.29, 1.82) is 0 Å². The molecule has 1 aromatic heterocycles. The number of carbonyl (C=O) groups excluding carboxylic acids is 2. The monoisotopic (exact) mass is 263 g/mol. The molecule has 5 heteroatoms. The molecule has 0 aliphatic carbocycles. The average molecular weight is 263 g/mol. The van der Waals surface area contributed by atoms with Crippen LogP contribution in [0.3, 0.4) is 0 Å². The summed E-state index contributed by atoms with van der Waals surface area (Å²) in [6.07, 6.45) is 4.79. The number of Topliss-reactive ketones (excluding diaryl/α,β-unsaturated/α-hetero) is 1. The van der Waals surface area contributed by atoms with E-state index in [9.17, 15) is 9.59 Å². The van der Waals surface area contributed by atoms with Gasteiger partial charge in [0.25, 0.3) is 0 Å². The normalized spacial score (nSPS) is 20.2. The average Bonchev–Trinajstić information content (AvgIpc) is 2.85. The zero-order valence-corrected chi connectivity index (χ0v) is 11.6. The summed E-state index contributed by atoms with van der Waals surface area (Å²) in [5.41, 5.74) is 0.696. The van der Waals surface area contributed by atoms with Crippen molar-refractivity contribution >= 4 is 11.7 Å². The van der Waals surface area contributed by atoms with Gasteiger partial charge in [-0.05, 0) is 31.5 Å². The predicted molar refractivity (Wildman–Crippen MR) is 73.0 cm³/mol. The molecule has 2 heterocycles. The van der Waals surface area contributed by atoms with Gasteiger partial charge in [0.15, 0.2) is 5.78 Å². The third-order valence-corrected chi connectivity index (χ3v) is 3.74. The fourth-order valence-electron chi connectivity index (χ4n) is 2.66. The minimum atomic E-state index is -0.164. The van der Waals surface area contributed by atoms with Crippen LogP contribution >= 0.6 is 0 Å². The van der Waals surface area contributed by atoms with E-state index in [1.54, 1.807) is 7.05 Å². The molecule has 0 saturated carbocycles. The van der Waals surface area contributed by atoms with E-state index in [0.29, 0.717) is 12.2 Å². The quantitative estimate of drug-likeness (QED) is 0.818. The van der Waals surface area contributed by atoms with E-state index < -0.39 is 0 Å². The number of nitrogens with one attached hydrogen (secondary N) is 1. The van der Waals surface area contributed by atoms with Crippen molar-refractivity contribution in [3.63, 3.8) is 0 Å². The number of carbonyl (C=O) groups is 2. The molecule has 0 bridgehead atoms. The second-order valence-electron chi connectivity index (χ2n) is 5.02. The fraction of sp³-hybridized carbons (Fsp3) is 0.571. The van der Waals surface area contributed by atoms with E-state index in [1.165, 1.54) is 0 Å². The summed E-state index contributed by atoms with van der Waals surface area (Å²) < 4.78 is 1.82. The minimum absolute atomic E-state index is 0.0133. The molecule has 1 unspecified atom stereocenters. The highest BCUT2D eigenvalue weighted by molar-refractivity contribution is 5.96. The molecule has 1 aromatic rings. The SMILES string of the molecule is CNC(=O)C1CCCCN1CC(=O)c1cccn1C. The smallest absolute Gasteiger partial charge is 0.237 e. The lowest BCUT2D eigenvalue weighted by atomic mass is 10.0. The molecule has 1 saturated heterocycles. The Balaban J connectivity index is 2.05. The van der Waals surface area contributed by atoms with Crippen molar-refractivity contribution in [3.8, 4) is 0 Å². The third-order valence-electron chi connectivity index (χ3n) is 3.74. The van der Waals surface area contributed by atoms with E-state index in [0.717, 1.165) is 25.8 Å². The van der Waals surface area contributed by atoms with E-state index in [2.05, 4.69) is 5.32 Å². The number of nitrogens with zero attached hydrogens (tertiary/aromatic N) is 2. The van der Waals surface area contributed by atoms with E-state index in [1.807, 2.05) is 34.8 Å². The van der Waals surface area contributed by atoms with Gasteiger partial charge >= 0.3 is 0 Å². The van der Waals surface area contributed by atoms with Gasteiger partial charge < -0.3 is 9.88 Å². The Bertz CT molecular complexity index is 467. The van der Waals surface area contributed by atoms with Crippen molar-refractivity contribution in [1.82, 2.24) is 14.8 Å². The molecule has 104 valence electrons. The van der Waals surface area contributed by atoms with Crippen molar-refractivity contribution in [2.75, 3.05) is 20.1 Å². The van der Waals surface area contributed by atoms with Gasteiger partial charge in [-0.15, -0.1) is 0 Å². The van der Waals surface area contributed by atoms with E-state index in [-0.39, 0.29) is 17.7 Å². The zero-order chi connectivity index (χ0) is 13.8. The molecule has 0 aromatic carbocycles. The van der Waals surface area contributed by atoms with Crippen LogP contribution in [0.5, 0.6) is 0 Å². The van der Waals surface area contributed by atoms with Crippen LogP contribution in [0.25, 0.3) is 0 Å². The number of aryl methyl sites for hydroxylation is 1. The van der Waals surface area contributed by atoms with Crippen LogP contribution in [0, 0.1) is 0 Å². The van der Waals surface area contributed by atoms with E-state index in [4.69, 9.17) is 0 Å². The molecular weight excluding hydrogens is 242 g/mol. The molecule has 1 aliphatic heterocycles.